The molecule has 2 aromatic rings. The Morgan fingerprint density at radius 3 is 2.80 bits per heavy atom. The molecular weight excluding hydrogens is 320 g/mol. The third-order valence-electron chi connectivity index (χ3n) is 3.86. The Morgan fingerprint density at radius 2 is 2.08 bits per heavy atom. The summed E-state index contributed by atoms with van der Waals surface area (Å²) in [5.74, 6) is -0.467. The van der Waals surface area contributed by atoms with Gasteiger partial charge in [-0.1, -0.05) is 18.2 Å². The fourth-order valence-corrected chi connectivity index (χ4v) is 2.56. The number of urea groups is 1. The summed E-state index contributed by atoms with van der Waals surface area (Å²) in [4.78, 5) is 40.8. The molecule has 1 fully saturated rings. The third-order valence-corrected chi connectivity index (χ3v) is 3.86. The van der Waals surface area contributed by atoms with Crippen molar-refractivity contribution in [1.29, 1.82) is 0 Å². The van der Waals surface area contributed by atoms with Crippen molar-refractivity contribution in [2.24, 2.45) is 0 Å². The minimum atomic E-state index is -0.407. The van der Waals surface area contributed by atoms with Crippen molar-refractivity contribution in [2.45, 2.75) is 13.0 Å². The van der Waals surface area contributed by atoms with Gasteiger partial charge in [0.25, 0.3) is 5.91 Å². The van der Waals surface area contributed by atoms with E-state index in [4.69, 9.17) is 0 Å². The average molecular weight is 338 g/mol. The molecule has 0 unspecified atom stereocenters. The van der Waals surface area contributed by atoms with E-state index in [0.717, 1.165) is 16.2 Å². The highest BCUT2D eigenvalue weighted by Crippen LogP contribution is 2.11. The summed E-state index contributed by atoms with van der Waals surface area (Å²) in [6, 6.07) is 12.2. The SMILES string of the molecule is O=C(NCCc1ccccn1)c1cccc(CN2C(=O)CNC2=O)c1. The Balaban J connectivity index is 1.58. The van der Waals surface area contributed by atoms with E-state index in [1.807, 2.05) is 18.2 Å². The van der Waals surface area contributed by atoms with Gasteiger partial charge >= 0.3 is 6.03 Å². The largest absolute Gasteiger partial charge is 0.352 e. The minimum Gasteiger partial charge on any atom is -0.352 e. The molecule has 128 valence electrons. The summed E-state index contributed by atoms with van der Waals surface area (Å²) < 4.78 is 0. The van der Waals surface area contributed by atoms with Crippen LogP contribution in [0, 0.1) is 0 Å². The van der Waals surface area contributed by atoms with E-state index < -0.39 is 6.03 Å². The Hall–Kier alpha value is -3.22. The monoisotopic (exact) mass is 338 g/mol. The number of benzene rings is 1. The van der Waals surface area contributed by atoms with Crippen molar-refractivity contribution in [3.63, 3.8) is 0 Å². The van der Waals surface area contributed by atoms with Gasteiger partial charge in [-0.2, -0.15) is 0 Å². The van der Waals surface area contributed by atoms with Crippen LogP contribution >= 0.6 is 0 Å². The van der Waals surface area contributed by atoms with Crippen LogP contribution in [0.1, 0.15) is 21.6 Å². The van der Waals surface area contributed by atoms with Crippen molar-refractivity contribution >= 4 is 17.8 Å². The highest BCUT2D eigenvalue weighted by molar-refractivity contribution is 6.02. The van der Waals surface area contributed by atoms with Crippen molar-refractivity contribution in [2.75, 3.05) is 13.1 Å². The van der Waals surface area contributed by atoms with Crippen LogP contribution < -0.4 is 10.6 Å². The van der Waals surface area contributed by atoms with Crippen molar-refractivity contribution in [3.8, 4) is 0 Å². The van der Waals surface area contributed by atoms with Gasteiger partial charge in [-0.15, -0.1) is 0 Å². The van der Waals surface area contributed by atoms with E-state index in [2.05, 4.69) is 15.6 Å². The first kappa shape index (κ1) is 16.6. The molecule has 1 saturated heterocycles. The molecule has 0 aliphatic carbocycles. The molecular formula is C18H18N4O3. The summed E-state index contributed by atoms with van der Waals surface area (Å²) >= 11 is 0. The van der Waals surface area contributed by atoms with Crippen LogP contribution in [0.25, 0.3) is 0 Å². The van der Waals surface area contributed by atoms with Gasteiger partial charge < -0.3 is 10.6 Å². The maximum atomic E-state index is 12.3. The molecule has 4 amide bonds. The number of carbonyl (C=O) groups excluding carboxylic acids is 3. The molecule has 0 saturated carbocycles. The van der Waals surface area contributed by atoms with Crippen LogP contribution in [0.4, 0.5) is 4.79 Å². The Morgan fingerprint density at radius 1 is 1.20 bits per heavy atom. The summed E-state index contributed by atoms with van der Waals surface area (Å²) in [6.07, 6.45) is 2.37. The number of imide groups is 1. The Kier molecular flexibility index (Phi) is 5.03. The molecule has 25 heavy (non-hydrogen) atoms. The zero-order valence-corrected chi connectivity index (χ0v) is 13.6. The van der Waals surface area contributed by atoms with Gasteiger partial charge in [0.05, 0.1) is 13.1 Å². The zero-order valence-electron chi connectivity index (χ0n) is 13.6. The summed E-state index contributed by atoms with van der Waals surface area (Å²) in [6.45, 7) is 0.652. The predicted molar refractivity (Wildman–Crippen MR) is 90.7 cm³/mol. The molecule has 1 aromatic carbocycles. The molecule has 2 heterocycles. The molecule has 7 nitrogen and oxygen atoms in total. The second-order valence-electron chi connectivity index (χ2n) is 5.67. The molecule has 3 rings (SSSR count). The molecule has 0 spiro atoms. The van der Waals surface area contributed by atoms with Gasteiger partial charge in [-0.05, 0) is 29.8 Å². The number of hydrogen-bond acceptors (Lipinski definition) is 4. The van der Waals surface area contributed by atoms with Gasteiger partial charge in [0.15, 0.2) is 0 Å². The molecule has 0 radical (unpaired) electrons. The van der Waals surface area contributed by atoms with Crippen molar-refractivity contribution in [1.82, 2.24) is 20.5 Å². The number of pyridine rings is 1. The van der Waals surface area contributed by atoms with Gasteiger partial charge in [-0.25, -0.2) is 4.79 Å². The number of nitrogens with zero attached hydrogens (tertiary/aromatic N) is 2. The van der Waals surface area contributed by atoms with Crippen molar-refractivity contribution in [3.05, 3.63) is 65.5 Å². The van der Waals surface area contributed by atoms with Gasteiger partial charge in [0.1, 0.15) is 0 Å². The zero-order chi connectivity index (χ0) is 17.6. The smallest absolute Gasteiger partial charge is 0.324 e. The summed E-state index contributed by atoms with van der Waals surface area (Å²) in [5, 5.41) is 5.32. The second-order valence-corrected chi connectivity index (χ2v) is 5.67. The number of hydrogen-bond donors (Lipinski definition) is 2. The molecule has 0 atom stereocenters. The second kappa shape index (κ2) is 7.57. The molecule has 7 heteroatoms. The summed E-state index contributed by atoms with van der Waals surface area (Å²) in [7, 11) is 0. The van der Waals surface area contributed by atoms with Gasteiger partial charge in [-0.3, -0.25) is 19.5 Å². The Labute approximate surface area is 145 Å². The highest BCUT2D eigenvalue weighted by atomic mass is 16.2. The molecule has 1 aliphatic heterocycles. The summed E-state index contributed by atoms with van der Waals surface area (Å²) in [5.41, 5.74) is 2.13. The highest BCUT2D eigenvalue weighted by Gasteiger charge is 2.28. The fraction of sp³-hybridized carbons (Fsp3) is 0.222. The predicted octanol–water partition coefficient (Wildman–Crippen LogP) is 1.11. The van der Waals surface area contributed by atoms with E-state index in [1.54, 1.807) is 30.5 Å². The lowest BCUT2D eigenvalue weighted by Gasteiger charge is -2.13. The number of aromatic nitrogens is 1. The first-order valence-electron chi connectivity index (χ1n) is 7.99. The number of nitrogens with one attached hydrogen (secondary N) is 2. The molecule has 1 aliphatic rings. The van der Waals surface area contributed by atoms with Gasteiger partial charge in [0.2, 0.25) is 5.91 Å². The number of rotatable bonds is 6. The first-order valence-corrected chi connectivity index (χ1v) is 7.99. The van der Waals surface area contributed by atoms with Crippen molar-refractivity contribution < 1.29 is 14.4 Å². The number of carbonyl (C=O) groups is 3. The Bertz CT molecular complexity index is 776. The first-order chi connectivity index (χ1) is 12.1. The lowest BCUT2D eigenvalue weighted by atomic mass is 10.1. The van der Waals surface area contributed by atoms with Crippen LogP contribution in [-0.2, 0) is 17.8 Å². The lowest BCUT2D eigenvalue weighted by molar-refractivity contribution is -0.125. The number of amides is 4. The molecule has 2 N–H and O–H groups in total. The topological polar surface area (TPSA) is 91.4 Å². The van der Waals surface area contributed by atoms with Crippen LogP contribution in [0.15, 0.2) is 48.7 Å². The van der Waals surface area contributed by atoms with Gasteiger partial charge in [0, 0.05) is 30.4 Å². The lowest BCUT2D eigenvalue weighted by Crippen LogP contribution is -2.30. The maximum absolute atomic E-state index is 12.3. The quantitative estimate of drug-likeness (QED) is 0.772. The van der Waals surface area contributed by atoms with E-state index in [1.165, 1.54) is 0 Å². The normalized spacial score (nSPS) is 13.7. The van der Waals surface area contributed by atoms with Crippen LogP contribution in [-0.4, -0.2) is 40.8 Å². The standard InChI is InChI=1S/C18H18N4O3/c23-16-11-21-18(25)22(16)12-13-4-3-5-14(10-13)17(24)20-9-7-15-6-1-2-8-19-15/h1-6,8,10H,7,9,11-12H2,(H,20,24)(H,21,25). The fourth-order valence-electron chi connectivity index (χ4n) is 2.56. The molecule has 0 bridgehead atoms. The average Bonchev–Trinajstić information content (AvgIpc) is 2.95. The van der Waals surface area contributed by atoms with E-state index in [9.17, 15) is 14.4 Å². The van der Waals surface area contributed by atoms with E-state index in [-0.39, 0.29) is 24.9 Å². The van der Waals surface area contributed by atoms with E-state index >= 15 is 0 Å². The van der Waals surface area contributed by atoms with E-state index in [0.29, 0.717) is 18.5 Å². The van der Waals surface area contributed by atoms with Crippen LogP contribution in [0.3, 0.4) is 0 Å². The maximum Gasteiger partial charge on any atom is 0.324 e. The van der Waals surface area contributed by atoms with Crippen LogP contribution in [0.2, 0.25) is 0 Å². The minimum absolute atomic E-state index is 0.0204. The molecule has 1 aromatic heterocycles. The third kappa shape index (κ3) is 4.20. The van der Waals surface area contributed by atoms with Crippen LogP contribution in [0.5, 0.6) is 0 Å².